The first-order valence-corrected chi connectivity index (χ1v) is 2.43. The van der Waals surface area contributed by atoms with Crippen molar-refractivity contribution >= 4 is 22.5 Å². The molecular formula is C3H3O4S. The Bertz CT molecular complexity index is 145. The molecule has 5 heteroatoms. The SMILES string of the molecule is CC(OC([O])=O)=S=O. The Morgan fingerprint density at radius 2 is 2.12 bits per heavy atom. The van der Waals surface area contributed by atoms with Crippen molar-refractivity contribution in [3.8, 4) is 0 Å². The molecule has 0 N–H and O–H groups in total. The number of hydrogen-bond acceptors (Lipinski definition) is 3. The van der Waals surface area contributed by atoms with E-state index in [1.807, 2.05) is 0 Å². The lowest BCUT2D eigenvalue weighted by Crippen LogP contribution is -2.03. The average Bonchev–Trinajstić information content (AvgIpc) is 1.65. The van der Waals surface area contributed by atoms with Crippen LogP contribution in [0.1, 0.15) is 6.92 Å². The van der Waals surface area contributed by atoms with E-state index in [1.165, 1.54) is 6.92 Å². The van der Waals surface area contributed by atoms with Gasteiger partial charge in [-0.15, -0.1) is 0 Å². The van der Waals surface area contributed by atoms with Crippen LogP contribution in [0.15, 0.2) is 0 Å². The number of carbonyl (C=O) groups excluding carboxylic acids is 1. The van der Waals surface area contributed by atoms with Crippen molar-refractivity contribution in [3.63, 3.8) is 0 Å². The van der Waals surface area contributed by atoms with Crippen LogP contribution >= 0.6 is 0 Å². The second-order valence-corrected chi connectivity index (χ2v) is 1.67. The first-order valence-electron chi connectivity index (χ1n) is 1.69. The largest absolute Gasteiger partial charge is 0.556 e. The average molecular weight is 135 g/mol. The topological polar surface area (TPSA) is 63.3 Å². The molecule has 0 unspecified atom stereocenters. The van der Waals surface area contributed by atoms with E-state index < -0.39 is 6.16 Å². The summed E-state index contributed by atoms with van der Waals surface area (Å²) in [5, 5.41) is 9.29. The molecule has 0 fully saturated rings. The standard InChI is InChI=1S/C3H3O4S/c1-2(8-6)7-3(4)5/h1H3. The van der Waals surface area contributed by atoms with E-state index in [-0.39, 0.29) is 16.3 Å². The molecule has 0 aliphatic rings. The summed E-state index contributed by atoms with van der Waals surface area (Å²) < 4.78 is 13.4. The number of carbonyl (C=O) groups is 1. The summed E-state index contributed by atoms with van der Waals surface area (Å²) in [4.78, 5) is 9.46. The van der Waals surface area contributed by atoms with Crippen LogP contribution in [0.25, 0.3) is 0 Å². The molecule has 0 aromatic heterocycles. The van der Waals surface area contributed by atoms with E-state index in [0.717, 1.165) is 0 Å². The third kappa shape index (κ3) is 3.35. The lowest BCUT2D eigenvalue weighted by molar-refractivity contribution is 0.114. The van der Waals surface area contributed by atoms with Crippen molar-refractivity contribution < 1.29 is 18.8 Å². The summed E-state index contributed by atoms with van der Waals surface area (Å²) in [7, 11) is 0. The maximum absolute atomic E-state index is 9.63. The molecule has 0 aromatic rings. The van der Waals surface area contributed by atoms with Gasteiger partial charge in [-0.05, 0) is 0 Å². The van der Waals surface area contributed by atoms with E-state index >= 15 is 0 Å². The fourth-order valence-electron chi connectivity index (χ4n) is 0.134. The highest BCUT2D eigenvalue weighted by atomic mass is 32.1. The van der Waals surface area contributed by atoms with E-state index in [2.05, 4.69) is 4.74 Å². The minimum Gasteiger partial charge on any atom is -0.383 e. The van der Waals surface area contributed by atoms with Gasteiger partial charge in [-0.3, -0.25) is 0 Å². The third-order valence-electron chi connectivity index (χ3n) is 0.344. The van der Waals surface area contributed by atoms with Crippen molar-refractivity contribution in [2.75, 3.05) is 0 Å². The molecular weight excluding hydrogens is 132 g/mol. The van der Waals surface area contributed by atoms with Gasteiger partial charge in [0.2, 0.25) is 5.05 Å². The number of ether oxygens (including phenoxy) is 1. The second-order valence-electron chi connectivity index (χ2n) is 0.927. The molecule has 0 rings (SSSR count). The zero-order valence-corrected chi connectivity index (χ0v) is 4.86. The predicted molar refractivity (Wildman–Crippen MR) is 26.0 cm³/mol. The van der Waals surface area contributed by atoms with Crippen molar-refractivity contribution in [3.05, 3.63) is 0 Å². The summed E-state index contributed by atoms with van der Waals surface area (Å²) in [5.41, 5.74) is 0. The van der Waals surface area contributed by atoms with E-state index in [9.17, 15) is 14.1 Å². The van der Waals surface area contributed by atoms with E-state index in [1.54, 1.807) is 0 Å². The molecule has 0 aliphatic heterocycles. The van der Waals surface area contributed by atoms with Crippen LogP contribution in [0.2, 0.25) is 0 Å². The second kappa shape index (κ2) is 3.20. The highest BCUT2D eigenvalue weighted by Gasteiger charge is 1.99. The molecule has 8 heavy (non-hydrogen) atoms. The number of hydrogen-bond donors (Lipinski definition) is 0. The molecule has 0 heterocycles. The maximum Gasteiger partial charge on any atom is 0.556 e. The Kier molecular flexibility index (Phi) is 2.86. The van der Waals surface area contributed by atoms with Crippen molar-refractivity contribution in [1.29, 1.82) is 0 Å². The Labute approximate surface area is 49.1 Å². The van der Waals surface area contributed by atoms with Gasteiger partial charge in [0.15, 0.2) is 0 Å². The zero-order chi connectivity index (χ0) is 6.57. The van der Waals surface area contributed by atoms with E-state index in [4.69, 9.17) is 0 Å². The molecule has 0 saturated carbocycles. The molecule has 0 bridgehead atoms. The van der Waals surface area contributed by atoms with Crippen molar-refractivity contribution in [2.45, 2.75) is 6.92 Å². The molecule has 4 nitrogen and oxygen atoms in total. The molecule has 45 valence electrons. The molecule has 0 aliphatic carbocycles. The van der Waals surface area contributed by atoms with Gasteiger partial charge in [-0.2, -0.15) is 9.90 Å². The predicted octanol–water partition coefficient (Wildman–Crippen LogP) is -0.0837. The fourth-order valence-corrected chi connectivity index (χ4v) is 0.236. The van der Waals surface area contributed by atoms with Gasteiger partial charge in [0.05, 0.1) is 0 Å². The highest BCUT2D eigenvalue weighted by molar-refractivity contribution is 7.66. The molecule has 0 saturated heterocycles. The summed E-state index contributed by atoms with van der Waals surface area (Å²) in [6.07, 6.45) is -1.70. The lowest BCUT2D eigenvalue weighted by Gasteiger charge is -1.86. The molecule has 0 amide bonds. The molecule has 0 aromatic carbocycles. The minimum absolute atomic E-state index is 0.0233. The van der Waals surface area contributed by atoms with Gasteiger partial charge < -0.3 is 4.74 Å². The third-order valence-corrected chi connectivity index (χ3v) is 0.662. The quantitative estimate of drug-likeness (QED) is 0.344. The lowest BCUT2D eigenvalue weighted by atomic mass is 10.9. The van der Waals surface area contributed by atoms with Gasteiger partial charge in [-0.1, -0.05) is 0 Å². The molecule has 0 atom stereocenters. The minimum atomic E-state index is -1.70. The Morgan fingerprint density at radius 3 is 2.25 bits per heavy atom. The summed E-state index contributed by atoms with van der Waals surface area (Å²) in [5.74, 6) is 0. The van der Waals surface area contributed by atoms with Crippen LogP contribution in [0.5, 0.6) is 0 Å². The van der Waals surface area contributed by atoms with E-state index in [0.29, 0.717) is 0 Å². The van der Waals surface area contributed by atoms with Gasteiger partial charge in [0.1, 0.15) is 11.3 Å². The van der Waals surface area contributed by atoms with Crippen molar-refractivity contribution in [2.24, 2.45) is 0 Å². The Morgan fingerprint density at radius 1 is 1.62 bits per heavy atom. The number of rotatable bonds is 0. The van der Waals surface area contributed by atoms with Crippen LogP contribution in [0.4, 0.5) is 4.79 Å². The molecule has 1 radical (unpaired) electrons. The van der Waals surface area contributed by atoms with Gasteiger partial charge in [0, 0.05) is 6.92 Å². The van der Waals surface area contributed by atoms with Crippen LogP contribution in [-0.2, 0) is 21.1 Å². The Balaban J connectivity index is 3.74. The van der Waals surface area contributed by atoms with Crippen LogP contribution < -0.4 is 0 Å². The summed E-state index contributed by atoms with van der Waals surface area (Å²) in [6.45, 7) is 1.24. The van der Waals surface area contributed by atoms with Crippen LogP contribution in [-0.4, -0.2) is 15.4 Å². The highest BCUT2D eigenvalue weighted by Crippen LogP contribution is 1.76. The van der Waals surface area contributed by atoms with Gasteiger partial charge >= 0.3 is 6.16 Å². The smallest absolute Gasteiger partial charge is 0.383 e. The summed E-state index contributed by atoms with van der Waals surface area (Å²) >= 11 is -0.0233. The molecule has 0 spiro atoms. The van der Waals surface area contributed by atoms with Crippen LogP contribution in [0.3, 0.4) is 0 Å². The normalized spacial score (nSPS) is 7.62. The van der Waals surface area contributed by atoms with Crippen molar-refractivity contribution in [1.82, 2.24) is 0 Å². The van der Waals surface area contributed by atoms with Crippen LogP contribution in [0, 0.1) is 0 Å². The maximum atomic E-state index is 9.63. The fraction of sp³-hybridized carbons (Fsp3) is 0.333. The summed E-state index contributed by atoms with van der Waals surface area (Å²) in [6, 6.07) is 0. The first kappa shape index (κ1) is 7.16. The van der Waals surface area contributed by atoms with Gasteiger partial charge in [-0.25, -0.2) is 4.21 Å². The zero-order valence-electron chi connectivity index (χ0n) is 4.04. The Hall–Kier alpha value is -0.840. The first-order chi connectivity index (χ1) is 3.66. The van der Waals surface area contributed by atoms with Gasteiger partial charge in [0.25, 0.3) is 0 Å². The monoisotopic (exact) mass is 135 g/mol.